The minimum absolute atomic E-state index is 0.0405. The lowest BCUT2D eigenvalue weighted by Gasteiger charge is -2.42. The monoisotopic (exact) mass is 295 g/mol. The van der Waals surface area contributed by atoms with Crippen LogP contribution in [0.15, 0.2) is 24.3 Å². The SMILES string of the molecule is CC1(C)CN(CCC(=O)c2ccccc2F)CC(CO)O1. The molecule has 1 aromatic carbocycles. The number of Topliss-reactive ketones (excluding diaryl/α,β-unsaturated/α-hetero) is 1. The first-order valence-corrected chi connectivity index (χ1v) is 7.20. The third kappa shape index (κ3) is 4.33. The summed E-state index contributed by atoms with van der Waals surface area (Å²) in [6, 6.07) is 6.04. The van der Waals surface area contributed by atoms with Gasteiger partial charge in [0.2, 0.25) is 0 Å². The highest BCUT2D eigenvalue weighted by Crippen LogP contribution is 2.21. The molecule has 1 atom stereocenters. The summed E-state index contributed by atoms with van der Waals surface area (Å²) in [6.07, 6.45) is 0.0205. The summed E-state index contributed by atoms with van der Waals surface area (Å²) >= 11 is 0. The molecule has 116 valence electrons. The van der Waals surface area contributed by atoms with E-state index < -0.39 is 5.82 Å². The molecule has 21 heavy (non-hydrogen) atoms. The zero-order valence-corrected chi connectivity index (χ0v) is 12.5. The van der Waals surface area contributed by atoms with Crippen LogP contribution in [-0.4, -0.2) is 53.7 Å². The minimum Gasteiger partial charge on any atom is -0.394 e. The largest absolute Gasteiger partial charge is 0.394 e. The van der Waals surface area contributed by atoms with Gasteiger partial charge in [0.05, 0.1) is 23.9 Å². The van der Waals surface area contributed by atoms with Gasteiger partial charge in [0.1, 0.15) is 5.82 Å². The molecule has 1 heterocycles. The maximum atomic E-state index is 13.6. The van der Waals surface area contributed by atoms with Gasteiger partial charge in [0.15, 0.2) is 5.78 Å². The second-order valence-electron chi connectivity index (χ2n) is 6.07. The van der Waals surface area contributed by atoms with Crippen LogP contribution in [0.4, 0.5) is 4.39 Å². The lowest BCUT2D eigenvalue weighted by Crippen LogP contribution is -2.54. The van der Waals surface area contributed by atoms with Gasteiger partial charge in [-0.05, 0) is 26.0 Å². The Hall–Kier alpha value is -1.30. The van der Waals surface area contributed by atoms with Gasteiger partial charge in [-0.1, -0.05) is 12.1 Å². The van der Waals surface area contributed by atoms with Crippen LogP contribution in [0, 0.1) is 5.82 Å². The Morgan fingerprint density at radius 3 is 2.86 bits per heavy atom. The number of benzene rings is 1. The molecule has 1 N–H and O–H groups in total. The number of hydrogen-bond acceptors (Lipinski definition) is 4. The average molecular weight is 295 g/mol. The van der Waals surface area contributed by atoms with E-state index in [1.165, 1.54) is 12.1 Å². The van der Waals surface area contributed by atoms with E-state index in [1.54, 1.807) is 12.1 Å². The number of morpholine rings is 1. The summed E-state index contributed by atoms with van der Waals surface area (Å²) in [6.45, 7) is 5.69. The minimum atomic E-state index is -0.474. The van der Waals surface area contributed by atoms with E-state index in [4.69, 9.17) is 4.74 Å². The molecule has 0 aromatic heterocycles. The van der Waals surface area contributed by atoms with Crippen molar-refractivity contribution in [3.8, 4) is 0 Å². The highest BCUT2D eigenvalue weighted by molar-refractivity contribution is 5.96. The Morgan fingerprint density at radius 1 is 1.48 bits per heavy atom. The number of ketones is 1. The summed E-state index contributed by atoms with van der Waals surface area (Å²) in [5.41, 5.74) is -0.212. The molecule has 1 aliphatic heterocycles. The Kier molecular flexibility index (Phi) is 5.08. The van der Waals surface area contributed by atoms with Crippen LogP contribution in [0.25, 0.3) is 0 Å². The van der Waals surface area contributed by atoms with Crippen LogP contribution < -0.4 is 0 Å². The number of nitrogens with zero attached hydrogens (tertiary/aromatic N) is 1. The summed E-state index contributed by atoms with van der Waals surface area (Å²) < 4.78 is 19.3. The van der Waals surface area contributed by atoms with Crippen molar-refractivity contribution >= 4 is 5.78 Å². The standard InChI is InChI=1S/C16H22FNO3/c1-16(2)11-18(9-12(10-19)21-16)8-7-15(20)13-5-3-4-6-14(13)17/h3-6,12,19H,7-11H2,1-2H3. The van der Waals surface area contributed by atoms with Gasteiger partial charge in [0.25, 0.3) is 0 Å². The molecule has 1 aliphatic rings. The molecule has 1 fully saturated rings. The second kappa shape index (κ2) is 6.64. The zero-order valence-electron chi connectivity index (χ0n) is 12.5. The van der Waals surface area contributed by atoms with Crippen LogP contribution in [-0.2, 0) is 4.74 Å². The highest BCUT2D eigenvalue weighted by atomic mass is 19.1. The molecule has 5 heteroatoms. The van der Waals surface area contributed by atoms with Crippen LogP contribution in [0.5, 0.6) is 0 Å². The lowest BCUT2D eigenvalue weighted by atomic mass is 10.0. The van der Waals surface area contributed by atoms with E-state index in [2.05, 4.69) is 4.90 Å². The van der Waals surface area contributed by atoms with Crippen molar-refractivity contribution in [1.82, 2.24) is 4.90 Å². The van der Waals surface area contributed by atoms with Crippen molar-refractivity contribution in [2.75, 3.05) is 26.2 Å². The van der Waals surface area contributed by atoms with Gasteiger partial charge >= 0.3 is 0 Å². The number of carbonyl (C=O) groups is 1. The van der Waals surface area contributed by atoms with Gasteiger partial charge in [-0.3, -0.25) is 9.69 Å². The fraction of sp³-hybridized carbons (Fsp3) is 0.562. The molecule has 2 rings (SSSR count). The van der Waals surface area contributed by atoms with Crippen LogP contribution in [0.1, 0.15) is 30.6 Å². The molecule has 0 spiro atoms. The van der Waals surface area contributed by atoms with Gasteiger partial charge in [0, 0.05) is 26.1 Å². The smallest absolute Gasteiger partial charge is 0.167 e. The van der Waals surface area contributed by atoms with Crippen molar-refractivity contribution < 1.29 is 19.0 Å². The predicted octanol–water partition coefficient (Wildman–Crippen LogP) is 1.87. The van der Waals surface area contributed by atoms with Crippen molar-refractivity contribution in [1.29, 1.82) is 0 Å². The number of rotatable bonds is 5. The van der Waals surface area contributed by atoms with Gasteiger partial charge < -0.3 is 9.84 Å². The number of carbonyl (C=O) groups excluding carboxylic acids is 1. The fourth-order valence-corrected chi connectivity index (χ4v) is 2.76. The third-order valence-electron chi connectivity index (χ3n) is 3.58. The number of aliphatic hydroxyl groups excluding tert-OH is 1. The Balaban J connectivity index is 1.93. The number of halogens is 1. The molecule has 0 saturated carbocycles. The molecule has 0 aliphatic carbocycles. The highest BCUT2D eigenvalue weighted by Gasteiger charge is 2.33. The summed E-state index contributed by atoms with van der Waals surface area (Å²) in [5, 5.41) is 9.26. The van der Waals surface area contributed by atoms with Crippen LogP contribution >= 0.6 is 0 Å². The first-order valence-electron chi connectivity index (χ1n) is 7.20. The lowest BCUT2D eigenvalue weighted by molar-refractivity contribution is -0.148. The average Bonchev–Trinajstić information content (AvgIpc) is 2.43. The van der Waals surface area contributed by atoms with Crippen molar-refractivity contribution in [3.63, 3.8) is 0 Å². The summed E-state index contributed by atoms with van der Waals surface area (Å²) in [4.78, 5) is 14.2. The molecule has 4 nitrogen and oxygen atoms in total. The number of ether oxygens (including phenoxy) is 1. The molecule has 1 saturated heterocycles. The molecule has 0 amide bonds. The molecule has 1 unspecified atom stereocenters. The van der Waals surface area contributed by atoms with Crippen molar-refractivity contribution in [3.05, 3.63) is 35.6 Å². The van der Waals surface area contributed by atoms with Gasteiger partial charge in [-0.2, -0.15) is 0 Å². The Bertz CT molecular complexity index is 504. The van der Waals surface area contributed by atoms with Crippen LogP contribution in [0.2, 0.25) is 0 Å². The summed E-state index contributed by atoms with van der Waals surface area (Å²) in [7, 11) is 0. The second-order valence-corrected chi connectivity index (χ2v) is 6.07. The van der Waals surface area contributed by atoms with Gasteiger partial charge in [-0.15, -0.1) is 0 Å². The van der Waals surface area contributed by atoms with E-state index in [0.29, 0.717) is 19.6 Å². The van der Waals surface area contributed by atoms with E-state index in [1.807, 2.05) is 13.8 Å². The van der Waals surface area contributed by atoms with Crippen molar-refractivity contribution in [2.45, 2.75) is 32.0 Å². The molecule has 0 bridgehead atoms. The molecule has 1 aromatic rings. The van der Waals surface area contributed by atoms with Gasteiger partial charge in [-0.25, -0.2) is 4.39 Å². The molecular weight excluding hydrogens is 273 g/mol. The third-order valence-corrected chi connectivity index (χ3v) is 3.58. The maximum absolute atomic E-state index is 13.6. The topological polar surface area (TPSA) is 49.8 Å². The van der Waals surface area contributed by atoms with E-state index in [9.17, 15) is 14.3 Å². The normalized spacial score (nSPS) is 22.2. The first-order chi connectivity index (χ1) is 9.91. The first kappa shape index (κ1) is 16.1. The van der Waals surface area contributed by atoms with E-state index in [-0.39, 0.29) is 36.1 Å². The number of aliphatic hydroxyl groups is 1. The number of hydrogen-bond donors (Lipinski definition) is 1. The predicted molar refractivity (Wildman–Crippen MR) is 77.8 cm³/mol. The van der Waals surface area contributed by atoms with Crippen molar-refractivity contribution in [2.24, 2.45) is 0 Å². The van der Waals surface area contributed by atoms with Crippen LogP contribution in [0.3, 0.4) is 0 Å². The van der Waals surface area contributed by atoms with E-state index in [0.717, 1.165) is 0 Å². The quantitative estimate of drug-likeness (QED) is 0.843. The fourth-order valence-electron chi connectivity index (χ4n) is 2.76. The Morgan fingerprint density at radius 2 is 2.19 bits per heavy atom. The zero-order chi connectivity index (χ0) is 15.5. The van der Waals surface area contributed by atoms with E-state index >= 15 is 0 Å². The summed E-state index contributed by atoms with van der Waals surface area (Å²) in [5.74, 6) is -0.670. The maximum Gasteiger partial charge on any atom is 0.167 e. The molecular formula is C16H22FNO3. The molecule has 0 radical (unpaired) electrons. The Labute approximate surface area is 124 Å².